The van der Waals surface area contributed by atoms with Crippen LogP contribution in [0.5, 0.6) is 0 Å². The summed E-state index contributed by atoms with van der Waals surface area (Å²) in [6.07, 6.45) is 1.71. The molecule has 2 aromatic rings. The van der Waals surface area contributed by atoms with Gasteiger partial charge in [0.15, 0.2) is 0 Å². The number of halogens is 1. The van der Waals surface area contributed by atoms with E-state index in [9.17, 15) is 0 Å². The molecule has 0 atom stereocenters. The molecule has 2 heterocycles. The predicted octanol–water partition coefficient (Wildman–Crippen LogP) is 2.41. The van der Waals surface area contributed by atoms with Crippen LogP contribution in [-0.4, -0.2) is 4.98 Å². The van der Waals surface area contributed by atoms with Gasteiger partial charge in [-0.25, -0.2) is 0 Å². The standard InChI is InChI=1S/C8H7ClN2S/c9-6-1-2-11-7-3-5(4-10)12-8(6)7/h1-3H,4,10H2. The van der Waals surface area contributed by atoms with Crippen molar-refractivity contribution in [2.24, 2.45) is 5.73 Å². The lowest BCUT2D eigenvalue weighted by molar-refractivity contribution is 1.11. The van der Waals surface area contributed by atoms with E-state index in [4.69, 9.17) is 17.3 Å². The number of hydrogen-bond acceptors (Lipinski definition) is 3. The van der Waals surface area contributed by atoms with Crippen molar-refractivity contribution in [2.45, 2.75) is 6.54 Å². The lowest BCUT2D eigenvalue weighted by atomic mass is 10.4. The van der Waals surface area contributed by atoms with E-state index < -0.39 is 0 Å². The quantitative estimate of drug-likeness (QED) is 0.765. The van der Waals surface area contributed by atoms with Gasteiger partial charge in [0.05, 0.1) is 15.2 Å². The molecule has 0 amide bonds. The zero-order valence-corrected chi connectivity index (χ0v) is 7.82. The first kappa shape index (κ1) is 7.98. The van der Waals surface area contributed by atoms with E-state index in [0.29, 0.717) is 6.54 Å². The molecular weight excluding hydrogens is 192 g/mol. The monoisotopic (exact) mass is 198 g/mol. The molecule has 2 nitrogen and oxygen atoms in total. The van der Waals surface area contributed by atoms with E-state index in [1.54, 1.807) is 23.6 Å². The molecule has 0 unspecified atom stereocenters. The Balaban J connectivity index is 2.74. The second-order valence-electron chi connectivity index (χ2n) is 2.42. The average Bonchev–Trinajstić information content (AvgIpc) is 2.49. The van der Waals surface area contributed by atoms with Crippen molar-refractivity contribution in [1.29, 1.82) is 0 Å². The molecule has 62 valence electrons. The van der Waals surface area contributed by atoms with Gasteiger partial charge in [0.25, 0.3) is 0 Å². The zero-order chi connectivity index (χ0) is 8.55. The Hall–Kier alpha value is -0.640. The minimum absolute atomic E-state index is 0.553. The second-order valence-corrected chi connectivity index (χ2v) is 3.97. The molecule has 0 fully saturated rings. The Bertz CT molecular complexity index is 410. The Kier molecular flexibility index (Phi) is 2.00. The lowest BCUT2D eigenvalue weighted by Crippen LogP contribution is -1.91. The molecule has 0 saturated carbocycles. The van der Waals surface area contributed by atoms with Crippen LogP contribution >= 0.6 is 22.9 Å². The summed E-state index contributed by atoms with van der Waals surface area (Å²) in [5.74, 6) is 0. The third kappa shape index (κ3) is 1.20. The van der Waals surface area contributed by atoms with Crippen molar-refractivity contribution in [3.63, 3.8) is 0 Å². The maximum absolute atomic E-state index is 5.96. The summed E-state index contributed by atoms with van der Waals surface area (Å²) in [6, 6.07) is 3.77. The highest BCUT2D eigenvalue weighted by atomic mass is 35.5. The van der Waals surface area contributed by atoms with Crippen LogP contribution in [0.25, 0.3) is 10.2 Å². The summed E-state index contributed by atoms with van der Waals surface area (Å²) < 4.78 is 1.03. The molecule has 12 heavy (non-hydrogen) atoms. The third-order valence-corrected chi connectivity index (χ3v) is 3.22. The fraction of sp³-hybridized carbons (Fsp3) is 0.125. The summed E-state index contributed by atoms with van der Waals surface area (Å²) in [4.78, 5) is 5.30. The topological polar surface area (TPSA) is 38.9 Å². The minimum Gasteiger partial charge on any atom is -0.326 e. The van der Waals surface area contributed by atoms with Crippen LogP contribution in [0.3, 0.4) is 0 Å². The number of nitrogens with two attached hydrogens (primary N) is 1. The Morgan fingerprint density at radius 2 is 2.42 bits per heavy atom. The van der Waals surface area contributed by atoms with Gasteiger partial charge in [-0.2, -0.15) is 0 Å². The summed E-state index contributed by atoms with van der Waals surface area (Å²) in [5.41, 5.74) is 6.44. The predicted molar refractivity (Wildman–Crippen MR) is 52.5 cm³/mol. The van der Waals surface area contributed by atoms with Gasteiger partial charge < -0.3 is 5.73 Å². The van der Waals surface area contributed by atoms with Crippen LogP contribution in [-0.2, 0) is 6.54 Å². The second kappa shape index (κ2) is 3.01. The molecular formula is C8H7ClN2S. The number of rotatable bonds is 1. The molecule has 0 aliphatic heterocycles. The Morgan fingerprint density at radius 1 is 1.58 bits per heavy atom. The molecule has 2 rings (SSSR count). The van der Waals surface area contributed by atoms with E-state index in [2.05, 4.69) is 4.98 Å². The minimum atomic E-state index is 0.553. The van der Waals surface area contributed by atoms with Crippen molar-refractivity contribution < 1.29 is 0 Å². The highest BCUT2D eigenvalue weighted by Gasteiger charge is 2.03. The average molecular weight is 199 g/mol. The van der Waals surface area contributed by atoms with Gasteiger partial charge in [-0.05, 0) is 12.1 Å². The van der Waals surface area contributed by atoms with E-state index in [1.807, 2.05) is 6.07 Å². The highest BCUT2D eigenvalue weighted by molar-refractivity contribution is 7.19. The van der Waals surface area contributed by atoms with Gasteiger partial charge in [0.1, 0.15) is 0 Å². The van der Waals surface area contributed by atoms with Crippen molar-refractivity contribution >= 4 is 33.2 Å². The smallest absolute Gasteiger partial charge is 0.0828 e. The Morgan fingerprint density at radius 3 is 3.08 bits per heavy atom. The van der Waals surface area contributed by atoms with Crippen molar-refractivity contribution in [3.05, 3.63) is 28.2 Å². The largest absolute Gasteiger partial charge is 0.326 e. The first-order valence-electron chi connectivity index (χ1n) is 3.54. The number of thiophene rings is 1. The molecule has 2 aromatic heterocycles. The molecule has 0 saturated heterocycles. The van der Waals surface area contributed by atoms with Crippen molar-refractivity contribution in [1.82, 2.24) is 4.98 Å². The van der Waals surface area contributed by atoms with Gasteiger partial charge in [0, 0.05) is 17.6 Å². The van der Waals surface area contributed by atoms with E-state index >= 15 is 0 Å². The van der Waals surface area contributed by atoms with Gasteiger partial charge in [-0.3, -0.25) is 4.98 Å². The first-order chi connectivity index (χ1) is 5.81. The normalized spacial score (nSPS) is 10.8. The molecule has 0 aliphatic carbocycles. The number of fused-ring (bicyclic) bond motifs is 1. The highest BCUT2D eigenvalue weighted by Crippen LogP contribution is 2.29. The number of hydrogen-bond donors (Lipinski definition) is 1. The summed E-state index contributed by atoms with van der Waals surface area (Å²) in [5, 5.41) is 0.754. The summed E-state index contributed by atoms with van der Waals surface area (Å²) in [7, 11) is 0. The fourth-order valence-corrected chi connectivity index (χ4v) is 2.22. The molecule has 2 N–H and O–H groups in total. The molecule has 4 heteroatoms. The SMILES string of the molecule is NCc1cc2nccc(Cl)c2s1. The van der Waals surface area contributed by atoms with Crippen molar-refractivity contribution in [2.75, 3.05) is 0 Å². The third-order valence-electron chi connectivity index (χ3n) is 1.62. The van der Waals surface area contributed by atoms with Gasteiger partial charge in [0.2, 0.25) is 0 Å². The lowest BCUT2D eigenvalue weighted by Gasteiger charge is -1.88. The van der Waals surface area contributed by atoms with E-state index in [1.165, 1.54) is 0 Å². The molecule has 0 aliphatic rings. The molecule has 0 radical (unpaired) electrons. The number of nitrogens with zero attached hydrogens (tertiary/aromatic N) is 1. The van der Waals surface area contributed by atoms with Gasteiger partial charge in [-0.1, -0.05) is 11.6 Å². The van der Waals surface area contributed by atoms with Gasteiger partial charge in [-0.15, -0.1) is 11.3 Å². The summed E-state index contributed by atoms with van der Waals surface area (Å²) >= 11 is 7.56. The van der Waals surface area contributed by atoms with Crippen molar-refractivity contribution in [3.8, 4) is 0 Å². The van der Waals surface area contributed by atoms with Crippen LogP contribution in [0.4, 0.5) is 0 Å². The van der Waals surface area contributed by atoms with Crippen LogP contribution in [0.2, 0.25) is 5.02 Å². The maximum atomic E-state index is 5.96. The number of pyridine rings is 1. The zero-order valence-electron chi connectivity index (χ0n) is 6.25. The van der Waals surface area contributed by atoms with E-state index in [0.717, 1.165) is 20.1 Å². The van der Waals surface area contributed by atoms with Crippen LogP contribution in [0, 0.1) is 0 Å². The molecule has 0 aromatic carbocycles. The summed E-state index contributed by atoms with van der Waals surface area (Å²) in [6.45, 7) is 0.553. The first-order valence-corrected chi connectivity index (χ1v) is 4.73. The van der Waals surface area contributed by atoms with E-state index in [-0.39, 0.29) is 0 Å². The van der Waals surface area contributed by atoms with Crippen LogP contribution in [0.1, 0.15) is 4.88 Å². The molecule has 0 bridgehead atoms. The van der Waals surface area contributed by atoms with Crippen LogP contribution in [0.15, 0.2) is 18.3 Å². The van der Waals surface area contributed by atoms with Gasteiger partial charge >= 0.3 is 0 Å². The van der Waals surface area contributed by atoms with Crippen LogP contribution < -0.4 is 5.73 Å². The fourth-order valence-electron chi connectivity index (χ4n) is 1.06. The maximum Gasteiger partial charge on any atom is 0.0828 e. The Labute approximate surface area is 79.0 Å². The number of aromatic nitrogens is 1. The molecule has 0 spiro atoms.